The van der Waals surface area contributed by atoms with Gasteiger partial charge in [0, 0.05) is 18.2 Å². The van der Waals surface area contributed by atoms with E-state index in [0.717, 1.165) is 12.0 Å². The van der Waals surface area contributed by atoms with E-state index >= 15 is 0 Å². The van der Waals surface area contributed by atoms with Gasteiger partial charge in [0.25, 0.3) is 0 Å². The van der Waals surface area contributed by atoms with Gasteiger partial charge in [0.15, 0.2) is 0 Å². The van der Waals surface area contributed by atoms with Crippen molar-refractivity contribution in [2.75, 3.05) is 14.2 Å². The zero-order valence-corrected chi connectivity index (χ0v) is 12.7. The molecule has 108 valence electrons. The molecule has 0 saturated carbocycles. The first-order valence-corrected chi connectivity index (χ1v) is 7.76. The third kappa shape index (κ3) is 4.19. The van der Waals surface area contributed by atoms with Crippen LogP contribution in [0.2, 0.25) is 0 Å². The van der Waals surface area contributed by atoms with Crippen LogP contribution in [-0.2, 0) is 16.6 Å². The van der Waals surface area contributed by atoms with Gasteiger partial charge in [0.05, 0.1) is 12.0 Å². The van der Waals surface area contributed by atoms with Crippen molar-refractivity contribution in [1.82, 2.24) is 10.0 Å². The lowest BCUT2D eigenvalue weighted by molar-refractivity contribution is 0.408. The van der Waals surface area contributed by atoms with E-state index in [4.69, 9.17) is 4.74 Å². The number of methoxy groups -OCH3 is 1. The molecule has 2 N–H and O–H groups in total. The maximum absolute atomic E-state index is 12.2. The molecular weight excluding hydrogens is 264 g/mol. The first kappa shape index (κ1) is 15.9. The van der Waals surface area contributed by atoms with Crippen LogP contribution in [-0.4, -0.2) is 28.6 Å². The summed E-state index contributed by atoms with van der Waals surface area (Å²) in [6.07, 6.45) is 0.749. The van der Waals surface area contributed by atoms with Crippen molar-refractivity contribution in [3.8, 4) is 5.75 Å². The molecule has 1 rings (SSSR count). The molecular formula is C13H22N2O3S. The Kier molecular flexibility index (Phi) is 5.78. The fourth-order valence-corrected chi connectivity index (χ4v) is 3.04. The molecule has 19 heavy (non-hydrogen) atoms. The summed E-state index contributed by atoms with van der Waals surface area (Å²) in [5.41, 5.74) is 0.817. The second-order valence-electron chi connectivity index (χ2n) is 4.43. The summed E-state index contributed by atoms with van der Waals surface area (Å²) in [4.78, 5) is 0.263. The van der Waals surface area contributed by atoms with Crippen molar-refractivity contribution >= 4 is 10.0 Å². The number of sulfonamides is 1. The predicted octanol–water partition coefficient (Wildman–Crippen LogP) is 1.49. The Balaban J connectivity index is 3.10. The highest BCUT2D eigenvalue weighted by atomic mass is 32.2. The average molecular weight is 286 g/mol. The Bertz CT molecular complexity index is 515. The second kappa shape index (κ2) is 6.88. The van der Waals surface area contributed by atoms with Crippen LogP contribution in [0.25, 0.3) is 0 Å². The van der Waals surface area contributed by atoms with Gasteiger partial charge in [-0.3, -0.25) is 0 Å². The molecule has 1 aromatic carbocycles. The number of ether oxygens (including phenoxy) is 1. The minimum Gasteiger partial charge on any atom is -0.496 e. The van der Waals surface area contributed by atoms with Crippen molar-refractivity contribution in [3.05, 3.63) is 23.8 Å². The maximum Gasteiger partial charge on any atom is 0.240 e. The summed E-state index contributed by atoms with van der Waals surface area (Å²) in [6.45, 7) is 4.33. The van der Waals surface area contributed by atoms with E-state index in [9.17, 15) is 8.42 Å². The van der Waals surface area contributed by atoms with Crippen LogP contribution < -0.4 is 14.8 Å². The molecule has 0 aromatic heterocycles. The molecule has 6 heteroatoms. The van der Waals surface area contributed by atoms with Crippen LogP contribution in [0.1, 0.15) is 25.8 Å². The maximum atomic E-state index is 12.2. The van der Waals surface area contributed by atoms with Crippen molar-refractivity contribution in [1.29, 1.82) is 0 Å². The molecule has 1 atom stereocenters. The summed E-state index contributed by atoms with van der Waals surface area (Å²) in [7, 11) is -0.0976. The first-order valence-electron chi connectivity index (χ1n) is 6.28. The highest BCUT2D eigenvalue weighted by Crippen LogP contribution is 2.22. The monoisotopic (exact) mass is 286 g/mol. The smallest absolute Gasteiger partial charge is 0.240 e. The van der Waals surface area contributed by atoms with E-state index in [-0.39, 0.29) is 10.9 Å². The van der Waals surface area contributed by atoms with E-state index in [1.54, 1.807) is 32.4 Å². The molecule has 0 fully saturated rings. The highest BCUT2D eigenvalue weighted by Gasteiger charge is 2.18. The molecule has 0 radical (unpaired) electrons. The molecule has 0 bridgehead atoms. The van der Waals surface area contributed by atoms with E-state index in [2.05, 4.69) is 10.0 Å². The molecule has 0 saturated heterocycles. The lowest BCUT2D eigenvalue weighted by atomic mass is 10.2. The predicted molar refractivity (Wildman–Crippen MR) is 75.8 cm³/mol. The van der Waals surface area contributed by atoms with E-state index < -0.39 is 10.0 Å². The molecule has 0 heterocycles. The zero-order chi connectivity index (χ0) is 14.5. The van der Waals surface area contributed by atoms with Gasteiger partial charge in [0.2, 0.25) is 10.0 Å². The van der Waals surface area contributed by atoms with Gasteiger partial charge < -0.3 is 10.1 Å². The molecule has 0 aliphatic carbocycles. The Morgan fingerprint density at radius 2 is 2.05 bits per heavy atom. The fraction of sp³-hybridized carbons (Fsp3) is 0.538. The number of rotatable bonds is 7. The van der Waals surface area contributed by atoms with Crippen LogP contribution in [0.3, 0.4) is 0 Å². The molecule has 0 spiro atoms. The Labute approximate surface area is 115 Å². The van der Waals surface area contributed by atoms with E-state index in [1.807, 2.05) is 13.8 Å². The highest BCUT2D eigenvalue weighted by molar-refractivity contribution is 7.89. The summed E-state index contributed by atoms with van der Waals surface area (Å²) in [5.74, 6) is 0.678. The Morgan fingerprint density at radius 3 is 2.58 bits per heavy atom. The quantitative estimate of drug-likeness (QED) is 0.797. The van der Waals surface area contributed by atoms with Crippen LogP contribution >= 0.6 is 0 Å². The third-order valence-corrected chi connectivity index (χ3v) is 4.49. The molecule has 1 unspecified atom stereocenters. The summed E-state index contributed by atoms with van der Waals surface area (Å²) < 4.78 is 32.2. The van der Waals surface area contributed by atoms with Crippen LogP contribution in [0, 0.1) is 0 Å². The standard InChI is InChI=1S/C13H22N2O3S/c1-5-10(2)15-19(16,17)12-6-7-13(18-4)11(8-12)9-14-3/h6-8,10,14-15H,5,9H2,1-4H3. The number of hydrogen-bond donors (Lipinski definition) is 2. The average Bonchev–Trinajstić information content (AvgIpc) is 2.38. The Hall–Kier alpha value is -1.11. The van der Waals surface area contributed by atoms with Gasteiger partial charge in [-0.15, -0.1) is 0 Å². The van der Waals surface area contributed by atoms with Crippen molar-refractivity contribution in [3.63, 3.8) is 0 Å². The number of nitrogens with one attached hydrogen (secondary N) is 2. The summed E-state index contributed by atoms with van der Waals surface area (Å²) >= 11 is 0. The number of hydrogen-bond acceptors (Lipinski definition) is 4. The minimum absolute atomic E-state index is 0.0835. The molecule has 0 aliphatic rings. The second-order valence-corrected chi connectivity index (χ2v) is 6.15. The third-order valence-electron chi connectivity index (χ3n) is 2.90. The van der Waals surface area contributed by atoms with Crippen LogP contribution in [0.4, 0.5) is 0 Å². The SMILES string of the molecule is CCC(C)NS(=O)(=O)c1ccc(OC)c(CNC)c1. The summed E-state index contributed by atoms with van der Waals surface area (Å²) in [5, 5.41) is 2.99. The van der Waals surface area contributed by atoms with Gasteiger partial charge in [-0.25, -0.2) is 13.1 Å². The lowest BCUT2D eigenvalue weighted by Crippen LogP contribution is -2.32. The van der Waals surface area contributed by atoms with Gasteiger partial charge >= 0.3 is 0 Å². The van der Waals surface area contributed by atoms with Crippen molar-refractivity contribution < 1.29 is 13.2 Å². The van der Waals surface area contributed by atoms with Crippen LogP contribution in [0.5, 0.6) is 5.75 Å². The van der Waals surface area contributed by atoms with Crippen molar-refractivity contribution in [2.45, 2.75) is 37.8 Å². The normalized spacial score (nSPS) is 13.3. The molecule has 1 aromatic rings. The van der Waals surface area contributed by atoms with Gasteiger partial charge in [-0.1, -0.05) is 6.92 Å². The first-order chi connectivity index (χ1) is 8.94. The van der Waals surface area contributed by atoms with Gasteiger partial charge in [-0.05, 0) is 38.6 Å². The summed E-state index contributed by atoms with van der Waals surface area (Å²) in [6, 6.07) is 4.79. The van der Waals surface area contributed by atoms with Crippen molar-refractivity contribution in [2.24, 2.45) is 0 Å². The van der Waals surface area contributed by atoms with E-state index in [1.165, 1.54) is 0 Å². The molecule has 0 aliphatic heterocycles. The topological polar surface area (TPSA) is 67.4 Å². The van der Waals surface area contributed by atoms with Crippen LogP contribution in [0.15, 0.2) is 23.1 Å². The Morgan fingerprint density at radius 1 is 1.37 bits per heavy atom. The number of benzene rings is 1. The zero-order valence-electron chi connectivity index (χ0n) is 11.9. The van der Waals surface area contributed by atoms with Gasteiger partial charge in [0.1, 0.15) is 5.75 Å². The largest absolute Gasteiger partial charge is 0.496 e. The molecule has 0 amide bonds. The lowest BCUT2D eigenvalue weighted by Gasteiger charge is -2.14. The minimum atomic E-state index is -3.47. The van der Waals surface area contributed by atoms with Gasteiger partial charge in [-0.2, -0.15) is 0 Å². The molecule has 5 nitrogen and oxygen atoms in total. The van der Waals surface area contributed by atoms with E-state index in [0.29, 0.717) is 12.3 Å². The fourth-order valence-electron chi connectivity index (χ4n) is 1.67.